The molecule has 12 aliphatic carbocycles. The van der Waals surface area contributed by atoms with E-state index in [-0.39, 0.29) is 21.7 Å². The minimum absolute atomic E-state index is 0.219. The first kappa shape index (κ1) is 88.7. The molecule has 4 atom stereocenters. The van der Waals surface area contributed by atoms with Crippen molar-refractivity contribution >= 4 is 124 Å². The average Bonchev–Trinajstić information content (AvgIpc) is 1.51. The summed E-state index contributed by atoms with van der Waals surface area (Å²) in [5.74, 6) is 3.18. The molecule has 0 amide bonds. The number of unbranched alkanes of at least 4 members (excludes halogenated alkanes) is 2. The molecule has 0 N–H and O–H groups in total. The number of nitrogens with zero attached hydrogens (tertiary/aromatic N) is 6. The van der Waals surface area contributed by atoms with Crippen molar-refractivity contribution < 1.29 is 0 Å². The standard InChI is InChI=1S/C72H71N3.C66H59N3/c1-4-7-9-50-13-27-60(28-14-50)73(61-29-15-51(16-30-61)10-8-5-2)65-35-37-69-67(42-65)68-43-66(74(63-31-21-54-17-19-56(54)40-63)64-32-22-55-18-20-57(55)41-64)36-38-70(68)75(69)62-33-25-59(26-34-62)72-46-52-39-53(47-72)45-71(44-52,48-72)58-23-11-49(6-3)12-24-58;1-4-45-9-17-52(18-10-45)65-38-46-33-47(39-65)41-66(40-46,42-65)53-19-27-56(28-20-53)69-63-31-29-59(67(54-21-5-43(2)6-22-54)55-23-7-44(3)8-24-55)36-61(63)62-37-60(30-32-64(62)69)68(57-25-15-48-11-13-50(48)34-57)58-26-16-49-12-14-51(49)35-58/h6,11-16,21-38,40-43,52-53H,3-5,7-10,17-20,39,44-48H2,1-2H3;4-10,15-32,34-37,46-47H,1,11-14,33,38-42H2,2-3H3. The molecule has 2 aromatic heterocycles. The van der Waals surface area contributed by atoms with Gasteiger partial charge >= 0.3 is 0 Å². The summed E-state index contributed by atoms with van der Waals surface area (Å²) in [6.07, 6.45) is 36.3. The van der Waals surface area contributed by atoms with E-state index in [1.807, 2.05) is 12.2 Å². The Bertz CT molecular complexity index is 7830. The van der Waals surface area contributed by atoms with E-state index in [0.29, 0.717) is 0 Å². The van der Waals surface area contributed by atoms with E-state index in [1.54, 1.807) is 16.7 Å². The molecule has 0 saturated heterocycles. The predicted octanol–water partition coefficient (Wildman–Crippen LogP) is 36.0. The molecular weight excluding hydrogens is 1740 g/mol. The Balaban J connectivity index is 0.000000144. The Kier molecular flexibility index (Phi) is 21.8. The molecule has 712 valence electrons. The molecule has 8 bridgehead atoms. The van der Waals surface area contributed by atoms with E-state index < -0.39 is 0 Å². The lowest BCUT2D eigenvalue weighted by molar-refractivity contribution is -0.0283. The Hall–Kier alpha value is -14.2. The smallest absolute Gasteiger partial charge is 0.0542 e. The Morgan fingerprint density at radius 1 is 0.257 bits per heavy atom. The third-order valence-corrected chi connectivity index (χ3v) is 36.7. The summed E-state index contributed by atoms with van der Waals surface area (Å²) in [6, 6.07) is 133. The molecule has 6 heteroatoms. The maximum absolute atomic E-state index is 4.06. The van der Waals surface area contributed by atoms with Crippen LogP contribution in [0.5, 0.6) is 0 Å². The van der Waals surface area contributed by atoms with Gasteiger partial charge < -0.3 is 28.7 Å². The summed E-state index contributed by atoms with van der Waals surface area (Å²) in [4.78, 5) is 9.93. The number of anilines is 12. The number of aromatic nitrogens is 2. The van der Waals surface area contributed by atoms with Crippen LogP contribution < -0.4 is 19.6 Å². The van der Waals surface area contributed by atoms with Gasteiger partial charge in [0.2, 0.25) is 0 Å². The first-order chi connectivity index (χ1) is 70.6. The van der Waals surface area contributed by atoms with Gasteiger partial charge in [-0.3, -0.25) is 0 Å². The lowest BCUT2D eigenvalue weighted by atomic mass is 9.41. The Morgan fingerprint density at radius 2 is 0.486 bits per heavy atom. The molecule has 0 aliphatic heterocycles. The van der Waals surface area contributed by atoms with Crippen molar-refractivity contribution in [3.8, 4) is 11.4 Å². The van der Waals surface area contributed by atoms with Crippen molar-refractivity contribution in [1.82, 2.24) is 9.13 Å². The minimum Gasteiger partial charge on any atom is -0.310 e. The van der Waals surface area contributed by atoms with Gasteiger partial charge in [0.05, 0.1) is 22.1 Å². The second-order valence-corrected chi connectivity index (χ2v) is 45.6. The van der Waals surface area contributed by atoms with Gasteiger partial charge in [-0.15, -0.1) is 0 Å². The van der Waals surface area contributed by atoms with Crippen molar-refractivity contribution in [2.45, 2.75) is 216 Å². The molecule has 8 saturated carbocycles. The summed E-state index contributed by atoms with van der Waals surface area (Å²) < 4.78 is 5.09. The maximum atomic E-state index is 4.06. The van der Waals surface area contributed by atoms with Gasteiger partial charge in [0.25, 0.3) is 0 Å². The second-order valence-electron chi connectivity index (χ2n) is 45.6. The van der Waals surface area contributed by atoms with E-state index in [2.05, 4.69) is 409 Å². The molecule has 2 heterocycles. The van der Waals surface area contributed by atoms with Gasteiger partial charge in [0.15, 0.2) is 0 Å². The van der Waals surface area contributed by atoms with Crippen LogP contribution in [0.2, 0.25) is 0 Å². The Morgan fingerprint density at radius 3 is 0.729 bits per heavy atom. The van der Waals surface area contributed by atoms with Crippen LogP contribution in [0.3, 0.4) is 0 Å². The molecule has 144 heavy (non-hydrogen) atoms. The third kappa shape index (κ3) is 15.4. The second kappa shape index (κ2) is 35.4. The number of hydrogen-bond donors (Lipinski definition) is 0. The van der Waals surface area contributed by atoms with E-state index >= 15 is 0 Å². The zero-order valence-corrected chi connectivity index (χ0v) is 84.3. The van der Waals surface area contributed by atoms with Crippen molar-refractivity contribution in [1.29, 1.82) is 0 Å². The highest BCUT2D eigenvalue weighted by Gasteiger charge is 2.60. The minimum atomic E-state index is 0.219. The molecule has 16 aromatic carbocycles. The zero-order valence-electron chi connectivity index (χ0n) is 84.3. The van der Waals surface area contributed by atoms with Crippen LogP contribution in [0.1, 0.15) is 217 Å². The SMILES string of the molecule is C=Cc1ccc(C23CC4CC(C2)CC(c2ccc(-n5c6ccc(N(c7ccc(C)cc7)c7ccc(C)cc7)cc6c6cc(N(c7ccc8c(c7)CC8)c7ccc8c(c7)CC8)ccc65)cc2)(C4)C3)cc1.C=Cc1ccc(C23CC4CC(C2)CC(c2ccc(-n5c6ccc(N(c7ccc(CCCC)cc7)c7ccc(CCCC)cc7)cc6c6cc(N(c7ccc8c(c7)CC8)c7ccc8c(c7)CC8)ccc65)cc2)(C4)C3)cc1. The monoisotopic (exact) mass is 1870 g/mol. The van der Waals surface area contributed by atoms with Gasteiger partial charge in [0.1, 0.15) is 0 Å². The molecule has 6 nitrogen and oxygen atoms in total. The van der Waals surface area contributed by atoms with Crippen molar-refractivity contribution in [3.05, 3.63) is 453 Å². The number of rotatable bonds is 26. The van der Waals surface area contributed by atoms with Gasteiger partial charge in [-0.25, -0.2) is 0 Å². The van der Waals surface area contributed by atoms with Crippen molar-refractivity contribution in [2.24, 2.45) is 23.7 Å². The summed E-state index contributed by atoms with van der Waals surface area (Å²) in [5.41, 5.74) is 48.4. The molecule has 0 radical (unpaired) electrons. The summed E-state index contributed by atoms with van der Waals surface area (Å²) in [5, 5.41) is 5.03. The Labute approximate surface area is 851 Å². The summed E-state index contributed by atoms with van der Waals surface area (Å²) >= 11 is 0. The number of fused-ring (bicyclic) bond motifs is 10. The summed E-state index contributed by atoms with van der Waals surface area (Å²) in [7, 11) is 0. The molecule has 12 aliphatic rings. The lowest BCUT2D eigenvalue weighted by Crippen LogP contribution is -2.55. The molecule has 30 rings (SSSR count). The van der Waals surface area contributed by atoms with E-state index in [4.69, 9.17) is 0 Å². The molecule has 18 aromatic rings. The number of hydrogen-bond acceptors (Lipinski definition) is 4. The first-order valence-corrected chi connectivity index (χ1v) is 54.5. The van der Waals surface area contributed by atoms with Crippen molar-refractivity contribution in [2.75, 3.05) is 19.6 Å². The normalized spacial score (nSPS) is 21.2. The summed E-state index contributed by atoms with van der Waals surface area (Å²) in [6.45, 7) is 17.0. The van der Waals surface area contributed by atoms with Crippen LogP contribution in [0.4, 0.5) is 68.2 Å². The fourth-order valence-corrected chi connectivity index (χ4v) is 29.7. The van der Waals surface area contributed by atoms with Crippen molar-refractivity contribution in [3.63, 3.8) is 0 Å². The van der Waals surface area contributed by atoms with Gasteiger partial charge in [0, 0.05) is 101 Å². The van der Waals surface area contributed by atoms with Crippen LogP contribution in [0.25, 0.3) is 67.1 Å². The predicted molar refractivity (Wildman–Crippen MR) is 606 cm³/mol. The molecular formula is C138H130N6. The first-order valence-electron chi connectivity index (χ1n) is 54.5. The van der Waals surface area contributed by atoms with Gasteiger partial charge in [-0.05, 0) is 496 Å². The molecule has 4 unspecified atom stereocenters. The van der Waals surface area contributed by atoms with Crippen LogP contribution in [-0.4, -0.2) is 9.13 Å². The van der Waals surface area contributed by atoms with E-state index in [1.165, 1.54) is 318 Å². The average molecular weight is 1870 g/mol. The fraction of sp³-hybridized carbons (Fsp3) is 0.275. The number of benzene rings is 16. The molecule has 0 spiro atoms. The van der Waals surface area contributed by atoms with Gasteiger partial charge in [-0.1, -0.05) is 209 Å². The van der Waals surface area contributed by atoms with E-state index in [9.17, 15) is 0 Å². The van der Waals surface area contributed by atoms with Crippen LogP contribution in [-0.2, 0) is 85.9 Å². The van der Waals surface area contributed by atoms with Crippen LogP contribution in [0, 0.1) is 37.5 Å². The molecule has 8 fully saturated rings. The largest absolute Gasteiger partial charge is 0.310 e. The van der Waals surface area contributed by atoms with E-state index in [0.717, 1.165) is 79.3 Å². The fourth-order valence-electron chi connectivity index (χ4n) is 29.7. The quantitative estimate of drug-likeness (QED) is 0.0539. The third-order valence-electron chi connectivity index (χ3n) is 36.7. The van der Waals surface area contributed by atoms with Crippen LogP contribution in [0.15, 0.2) is 353 Å². The van der Waals surface area contributed by atoms with Crippen LogP contribution >= 0.6 is 0 Å². The van der Waals surface area contributed by atoms with Gasteiger partial charge in [-0.2, -0.15) is 0 Å². The zero-order chi connectivity index (χ0) is 96.3. The highest BCUT2D eigenvalue weighted by atomic mass is 15.2. The highest BCUT2D eigenvalue weighted by molar-refractivity contribution is 6.14. The highest BCUT2D eigenvalue weighted by Crippen LogP contribution is 2.69. The topological polar surface area (TPSA) is 22.8 Å². The lowest BCUT2D eigenvalue weighted by Gasteiger charge is -2.63. The number of aryl methyl sites for hydroxylation is 12. The maximum Gasteiger partial charge on any atom is 0.0542 e.